The van der Waals surface area contributed by atoms with Crippen molar-refractivity contribution in [1.82, 2.24) is 9.78 Å². The van der Waals surface area contributed by atoms with Gasteiger partial charge in [0, 0.05) is 0 Å². The number of benzene rings is 1. The highest BCUT2D eigenvalue weighted by molar-refractivity contribution is 5.87. The molecule has 1 heterocycles. The van der Waals surface area contributed by atoms with E-state index in [0.29, 0.717) is 22.6 Å². The molecule has 0 aliphatic heterocycles. The standard InChI is InChI=1S/C17H18N2O4/c20-15(21)9-19-17(22)13-7-4-11(10-2-1-3-10)8-14(13)16(18-19)23-12-5-6-12/h4,7-8,10,12H,1-3,5-6,9H2,(H,20,21). The SMILES string of the molecule is O=C(O)Cn1nc(OC2CC2)c2cc(C3CCC3)ccc2c1=O. The van der Waals surface area contributed by atoms with E-state index < -0.39 is 12.5 Å². The molecule has 0 radical (unpaired) electrons. The van der Waals surface area contributed by atoms with Crippen molar-refractivity contribution in [3.8, 4) is 5.88 Å². The van der Waals surface area contributed by atoms with Gasteiger partial charge in [0.05, 0.1) is 10.8 Å². The van der Waals surface area contributed by atoms with Crippen molar-refractivity contribution in [2.24, 2.45) is 0 Å². The van der Waals surface area contributed by atoms with Crippen LogP contribution in [0.25, 0.3) is 10.8 Å². The first-order valence-electron chi connectivity index (χ1n) is 8.05. The minimum absolute atomic E-state index is 0.133. The van der Waals surface area contributed by atoms with Gasteiger partial charge in [-0.2, -0.15) is 0 Å². The summed E-state index contributed by atoms with van der Waals surface area (Å²) >= 11 is 0. The number of carboxylic acid groups (broad SMARTS) is 1. The zero-order chi connectivity index (χ0) is 16.0. The Bertz CT molecular complexity index is 834. The average Bonchev–Trinajstić information content (AvgIpc) is 3.25. The van der Waals surface area contributed by atoms with Crippen molar-refractivity contribution in [2.45, 2.75) is 50.7 Å². The minimum atomic E-state index is -1.09. The highest BCUT2D eigenvalue weighted by Gasteiger charge is 2.27. The molecular weight excluding hydrogens is 296 g/mol. The van der Waals surface area contributed by atoms with Gasteiger partial charge in [-0.25, -0.2) is 4.68 Å². The molecule has 0 amide bonds. The zero-order valence-electron chi connectivity index (χ0n) is 12.7. The van der Waals surface area contributed by atoms with E-state index in [1.165, 1.54) is 24.8 Å². The number of carboxylic acids is 1. The second-order valence-corrected chi connectivity index (χ2v) is 6.41. The molecule has 2 saturated carbocycles. The van der Waals surface area contributed by atoms with Gasteiger partial charge in [-0.15, -0.1) is 5.10 Å². The van der Waals surface area contributed by atoms with Crippen molar-refractivity contribution in [2.75, 3.05) is 0 Å². The van der Waals surface area contributed by atoms with Crippen molar-refractivity contribution in [3.05, 3.63) is 34.1 Å². The predicted molar refractivity (Wildman–Crippen MR) is 83.9 cm³/mol. The monoisotopic (exact) mass is 314 g/mol. The van der Waals surface area contributed by atoms with Crippen LogP contribution in [-0.2, 0) is 11.3 Å². The smallest absolute Gasteiger partial charge is 0.325 e. The molecule has 2 aromatic rings. The van der Waals surface area contributed by atoms with E-state index in [1.807, 2.05) is 12.1 Å². The zero-order valence-corrected chi connectivity index (χ0v) is 12.7. The Balaban J connectivity index is 1.85. The van der Waals surface area contributed by atoms with Gasteiger partial charge in [0.1, 0.15) is 12.6 Å². The Kier molecular flexibility index (Phi) is 3.32. The first-order chi connectivity index (χ1) is 11.1. The number of ether oxygens (including phenoxy) is 1. The summed E-state index contributed by atoms with van der Waals surface area (Å²) < 4.78 is 6.82. The van der Waals surface area contributed by atoms with Crippen molar-refractivity contribution < 1.29 is 14.6 Å². The molecule has 2 aliphatic rings. The molecule has 6 nitrogen and oxygen atoms in total. The summed E-state index contributed by atoms with van der Waals surface area (Å²) in [5, 5.41) is 14.3. The fourth-order valence-corrected chi connectivity index (χ4v) is 2.93. The van der Waals surface area contributed by atoms with Gasteiger partial charge >= 0.3 is 5.97 Å². The number of nitrogens with zero attached hydrogens (tertiary/aromatic N) is 2. The van der Waals surface area contributed by atoms with Gasteiger partial charge in [0.25, 0.3) is 5.56 Å². The lowest BCUT2D eigenvalue weighted by Gasteiger charge is -2.26. The van der Waals surface area contributed by atoms with E-state index in [-0.39, 0.29) is 11.7 Å². The maximum Gasteiger partial charge on any atom is 0.325 e. The number of aromatic nitrogens is 2. The molecule has 120 valence electrons. The van der Waals surface area contributed by atoms with E-state index in [2.05, 4.69) is 5.10 Å². The molecule has 0 spiro atoms. The summed E-state index contributed by atoms with van der Waals surface area (Å²) in [5.74, 6) is -0.165. The van der Waals surface area contributed by atoms with Gasteiger partial charge in [-0.05, 0) is 49.3 Å². The third kappa shape index (κ3) is 2.69. The van der Waals surface area contributed by atoms with E-state index in [4.69, 9.17) is 9.84 Å². The minimum Gasteiger partial charge on any atom is -0.480 e. The van der Waals surface area contributed by atoms with Crippen molar-refractivity contribution >= 4 is 16.7 Å². The van der Waals surface area contributed by atoms with Gasteiger partial charge < -0.3 is 9.84 Å². The summed E-state index contributed by atoms with van der Waals surface area (Å²) in [4.78, 5) is 23.4. The molecule has 6 heteroatoms. The Morgan fingerprint density at radius 3 is 2.65 bits per heavy atom. The van der Waals surface area contributed by atoms with E-state index in [1.54, 1.807) is 6.07 Å². The lowest BCUT2D eigenvalue weighted by Crippen LogP contribution is -2.27. The second kappa shape index (κ2) is 5.37. The Morgan fingerprint density at radius 1 is 1.26 bits per heavy atom. The van der Waals surface area contributed by atoms with Gasteiger partial charge in [-0.3, -0.25) is 9.59 Å². The fraction of sp³-hybridized carbons (Fsp3) is 0.471. The van der Waals surface area contributed by atoms with E-state index in [0.717, 1.165) is 17.5 Å². The van der Waals surface area contributed by atoms with Crippen LogP contribution in [0.1, 0.15) is 43.6 Å². The van der Waals surface area contributed by atoms with Crippen LogP contribution in [0.5, 0.6) is 5.88 Å². The van der Waals surface area contributed by atoms with Crippen LogP contribution in [0.4, 0.5) is 0 Å². The first-order valence-corrected chi connectivity index (χ1v) is 8.05. The predicted octanol–water partition coefficient (Wildman–Crippen LogP) is 2.29. The molecule has 1 aromatic heterocycles. The summed E-state index contributed by atoms with van der Waals surface area (Å²) in [6, 6.07) is 5.75. The molecule has 1 aromatic carbocycles. The van der Waals surface area contributed by atoms with Crippen LogP contribution >= 0.6 is 0 Å². The Morgan fingerprint density at radius 2 is 2.04 bits per heavy atom. The van der Waals surface area contributed by atoms with Crippen LogP contribution < -0.4 is 10.3 Å². The Hall–Kier alpha value is -2.37. The summed E-state index contributed by atoms with van der Waals surface area (Å²) in [7, 11) is 0. The fourth-order valence-electron chi connectivity index (χ4n) is 2.93. The van der Waals surface area contributed by atoms with Gasteiger partial charge in [-0.1, -0.05) is 12.5 Å². The summed E-state index contributed by atoms with van der Waals surface area (Å²) in [5.41, 5.74) is 0.826. The maximum absolute atomic E-state index is 12.5. The highest BCUT2D eigenvalue weighted by Crippen LogP contribution is 2.38. The van der Waals surface area contributed by atoms with Crippen molar-refractivity contribution in [3.63, 3.8) is 0 Å². The molecule has 0 saturated heterocycles. The third-order valence-corrected chi connectivity index (χ3v) is 4.61. The van der Waals surface area contributed by atoms with Crippen LogP contribution in [0, 0.1) is 0 Å². The van der Waals surface area contributed by atoms with Crippen LogP contribution in [0.15, 0.2) is 23.0 Å². The molecule has 0 atom stereocenters. The van der Waals surface area contributed by atoms with Crippen LogP contribution in [0.3, 0.4) is 0 Å². The average molecular weight is 314 g/mol. The molecule has 23 heavy (non-hydrogen) atoms. The van der Waals surface area contributed by atoms with E-state index >= 15 is 0 Å². The quantitative estimate of drug-likeness (QED) is 0.915. The molecule has 0 bridgehead atoms. The third-order valence-electron chi connectivity index (χ3n) is 4.61. The topological polar surface area (TPSA) is 81.4 Å². The number of hydrogen-bond donors (Lipinski definition) is 1. The molecule has 2 fully saturated rings. The number of rotatable bonds is 5. The number of carbonyl (C=O) groups is 1. The van der Waals surface area contributed by atoms with Gasteiger partial charge in [0.15, 0.2) is 0 Å². The van der Waals surface area contributed by atoms with Crippen molar-refractivity contribution in [1.29, 1.82) is 0 Å². The Labute approximate surface area is 132 Å². The van der Waals surface area contributed by atoms with Crippen LogP contribution in [0.2, 0.25) is 0 Å². The maximum atomic E-state index is 12.5. The summed E-state index contributed by atoms with van der Waals surface area (Å²) in [6.07, 6.45) is 5.68. The number of fused-ring (bicyclic) bond motifs is 1. The lowest BCUT2D eigenvalue weighted by atomic mass is 9.80. The summed E-state index contributed by atoms with van der Waals surface area (Å²) in [6.45, 7) is -0.458. The normalized spacial score (nSPS) is 17.9. The van der Waals surface area contributed by atoms with E-state index in [9.17, 15) is 9.59 Å². The molecule has 0 unspecified atom stereocenters. The van der Waals surface area contributed by atoms with Gasteiger partial charge in [0.2, 0.25) is 5.88 Å². The molecule has 1 N–H and O–H groups in total. The number of hydrogen-bond acceptors (Lipinski definition) is 4. The lowest BCUT2D eigenvalue weighted by molar-refractivity contribution is -0.138. The number of aliphatic carboxylic acids is 1. The molecule has 4 rings (SSSR count). The van der Waals surface area contributed by atoms with Crippen LogP contribution in [-0.4, -0.2) is 27.0 Å². The molecular formula is C17H18N2O4. The first kappa shape index (κ1) is 14.2. The molecule has 2 aliphatic carbocycles. The largest absolute Gasteiger partial charge is 0.480 e. The highest BCUT2D eigenvalue weighted by atomic mass is 16.5. The second-order valence-electron chi connectivity index (χ2n) is 6.41.